The van der Waals surface area contributed by atoms with Gasteiger partial charge in [-0.2, -0.15) is 5.26 Å². The fourth-order valence-electron chi connectivity index (χ4n) is 2.94. The first-order valence-electron chi connectivity index (χ1n) is 10.7. The number of carbonyl (C=O) groups is 1. The number of aromatic nitrogens is 2. The van der Waals surface area contributed by atoms with Crippen LogP contribution in [-0.2, 0) is 11.2 Å². The molecule has 9 heteroatoms. The molecule has 0 saturated heterocycles. The van der Waals surface area contributed by atoms with Crippen LogP contribution in [0.25, 0.3) is 6.08 Å². The van der Waals surface area contributed by atoms with E-state index < -0.39 is 5.91 Å². The summed E-state index contributed by atoms with van der Waals surface area (Å²) in [5, 5.41) is 21.4. The molecule has 1 N–H and O–H groups in total. The van der Waals surface area contributed by atoms with Crippen LogP contribution >= 0.6 is 11.3 Å². The maximum absolute atomic E-state index is 12.6. The maximum Gasteiger partial charge on any atom is 0.268 e. The van der Waals surface area contributed by atoms with Gasteiger partial charge in [-0.05, 0) is 41.8 Å². The van der Waals surface area contributed by atoms with Crippen molar-refractivity contribution in [3.05, 3.63) is 64.7 Å². The Bertz CT molecular complexity index is 1170. The number of hydrogen-bond acceptors (Lipinski definition) is 8. The Kier molecular flexibility index (Phi) is 9.00. The average Bonchev–Trinajstić information content (AvgIpc) is 3.27. The van der Waals surface area contributed by atoms with Crippen LogP contribution in [0.4, 0.5) is 5.13 Å². The molecule has 0 unspecified atom stereocenters. The average molecular weight is 479 g/mol. The Labute approximate surface area is 202 Å². The Hall–Kier alpha value is -3.90. The highest BCUT2D eigenvalue weighted by atomic mass is 32.1. The standard InChI is InChI=1S/C25H26N4O4S/c1-17(2)13-23-28-29-25(34-23)27-24(30)19(16-26)14-18-9-10-21(22(15-18)31-3)33-12-11-32-20-7-5-4-6-8-20/h4-10,14-15,17H,11-13H2,1-3H3,(H,27,29,30). The summed E-state index contributed by atoms with van der Waals surface area (Å²) in [7, 11) is 1.53. The SMILES string of the molecule is COc1cc(C=C(C#N)C(=O)Nc2nnc(CC(C)C)s2)ccc1OCCOc1ccccc1. The van der Waals surface area contributed by atoms with Gasteiger partial charge in [-0.25, -0.2) is 0 Å². The summed E-state index contributed by atoms with van der Waals surface area (Å²) in [5.74, 6) is 1.67. The molecule has 0 fully saturated rings. The van der Waals surface area contributed by atoms with E-state index in [1.165, 1.54) is 24.5 Å². The van der Waals surface area contributed by atoms with Crippen LogP contribution < -0.4 is 19.5 Å². The third kappa shape index (κ3) is 7.32. The molecule has 0 aliphatic carbocycles. The van der Waals surface area contributed by atoms with Crippen molar-refractivity contribution in [1.29, 1.82) is 5.26 Å². The van der Waals surface area contributed by atoms with Crippen molar-refractivity contribution in [2.75, 3.05) is 25.6 Å². The molecular formula is C25H26N4O4S. The van der Waals surface area contributed by atoms with Crippen LogP contribution in [0, 0.1) is 17.2 Å². The lowest BCUT2D eigenvalue weighted by atomic mass is 10.1. The first kappa shape index (κ1) is 24.7. The number of methoxy groups -OCH3 is 1. The van der Waals surface area contributed by atoms with Crippen molar-refractivity contribution in [3.8, 4) is 23.3 Å². The Balaban J connectivity index is 1.62. The number of ether oxygens (including phenoxy) is 3. The van der Waals surface area contributed by atoms with Crippen molar-refractivity contribution in [3.63, 3.8) is 0 Å². The highest BCUT2D eigenvalue weighted by Crippen LogP contribution is 2.29. The number of nitriles is 1. The second kappa shape index (κ2) is 12.4. The van der Waals surface area contributed by atoms with Gasteiger partial charge in [0.1, 0.15) is 35.6 Å². The molecule has 0 radical (unpaired) electrons. The summed E-state index contributed by atoms with van der Waals surface area (Å²) in [6.07, 6.45) is 2.26. The quantitative estimate of drug-likeness (QED) is 0.241. The van der Waals surface area contributed by atoms with Crippen LogP contribution in [0.5, 0.6) is 17.2 Å². The normalized spacial score (nSPS) is 11.1. The predicted molar refractivity (Wildman–Crippen MR) is 131 cm³/mol. The molecule has 1 aromatic heterocycles. The molecule has 0 aliphatic heterocycles. The molecule has 0 atom stereocenters. The highest BCUT2D eigenvalue weighted by Gasteiger charge is 2.14. The number of para-hydroxylation sites is 1. The minimum Gasteiger partial charge on any atom is -0.493 e. The van der Waals surface area contributed by atoms with Gasteiger partial charge >= 0.3 is 0 Å². The van der Waals surface area contributed by atoms with E-state index in [9.17, 15) is 10.1 Å². The number of nitrogens with one attached hydrogen (secondary N) is 1. The number of hydrogen-bond donors (Lipinski definition) is 1. The Morgan fingerprint density at radius 3 is 2.59 bits per heavy atom. The van der Waals surface area contributed by atoms with Gasteiger partial charge in [-0.1, -0.05) is 49.4 Å². The minimum absolute atomic E-state index is 0.0624. The van der Waals surface area contributed by atoms with Crippen LogP contribution in [0.1, 0.15) is 24.4 Å². The van der Waals surface area contributed by atoms with Gasteiger partial charge in [0.05, 0.1) is 7.11 Å². The number of amides is 1. The minimum atomic E-state index is -0.549. The van der Waals surface area contributed by atoms with Gasteiger partial charge in [-0.15, -0.1) is 10.2 Å². The zero-order valence-electron chi connectivity index (χ0n) is 19.3. The molecule has 1 amide bonds. The van der Waals surface area contributed by atoms with Crippen molar-refractivity contribution in [2.24, 2.45) is 5.92 Å². The first-order valence-corrected chi connectivity index (χ1v) is 11.5. The molecule has 3 rings (SSSR count). The molecule has 2 aromatic carbocycles. The van der Waals surface area contributed by atoms with E-state index in [4.69, 9.17) is 14.2 Å². The largest absolute Gasteiger partial charge is 0.493 e. The van der Waals surface area contributed by atoms with Gasteiger partial charge < -0.3 is 14.2 Å². The molecule has 8 nitrogen and oxygen atoms in total. The zero-order chi connectivity index (χ0) is 24.3. The van der Waals surface area contributed by atoms with Gasteiger partial charge in [-0.3, -0.25) is 10.1 Å². The maximum atomic E-state index is 12.6. The van der Waals surface area contributed by atoms with Crippen molar-refractivity contribution in [1.82, 2.24) is 10.2 Å². The molecule has 1 heterocycles. The van der Waals surface area contributed by atoms with Crippen LogP contribution in [-0.4, -0.2) is 36.4 Å². The Morgan fingerprint density at radius 1 is 1.12 bits per heavy atom. The highest BCUT2D eigenvalue weighted by molar-refractivity contribution is 7.15. The number of anilines is 1. The number of benzene rings is 2. The summed E-state index contributed by atoms with van der Waals surface area (Å²) in [6.45, 7) is 4.86. The van der Waals surface area contributed by atoms with E-state index in [2.05, 4.69) is 29.4 Å². The molecule has 0 aliphatic rings. The van der Waals surface area contributed by atoms with E-state index >= 15 is 0 Å². The lowest BCUT2D eigenvalue weighted by molar-refractivity contribution is -0.112. The molecule has 34 heavy (non-hydrogen) atoms. The molecule has 3 aromatic rings. The smallest absolute Gasteiger partial charge is 0.268 e. The molecule has 176 valence electrons. The third-order valence-corrected chi connectivity index (χ3v) is 5.35. The van der Waals surface area contributed by atoms with E-state index in [1.54, 1.807) is 18.2 Å². The van der Waals surface area contributed by atoms with Gasteiger partial charge in [0.2, 0.25) is 5.13 Å². The molecule has 0 bridgehead atoms. The summed E-state index contributed by atoms with van der Waals surface area (Å²) in [5.41, 5.74) is 0.557. The van der Waals surface area contributed by atoms with Gasteiger partial charge in [0.15, 0.2) is 11.5 Å². The van der Waals surface area contributed by atoms with Crippen LogP contribution in [0.3, 0.4) is 0 Å². The van der Waals surface area contributed by atoms with E-state index in [1.807, 2.05) is 36.4 Å². The fraction of sp³-hybridized carbons (Fsp3) is 0.280. The number of carbonyl (C=O) groups excluding carboxylic acids is 1. The lowest BCUT2D eigenvalue weighted by Gasteiger charge is -2.12. The van der Waals surface area contributed by atoms with E-state index in [0.29, 0.717) is 41.3 Å². The van der Waals surface area contributed by atoms with Gasteiger partial charge in [0, 0.05) is 6.42 Å². The number of rotatable bonds is 11. The second-order valence-corrected chi connectivity index (χ2v) is 8.71. The molecule has 0 saturated carbocycles. The predicted octanol–water partition coefficient (Wildman–Crippen LogP) is 4.75. The lowest BCUT2D eigenvalue weighted by Crippen LogP contribution is -2.13. The van der Waals surface area contributed by atoms with E-state index in [0.717, 1.165) is 17.2 Å². The summed E-state index contributed by atoms with van der Waals surface area (Å²) in [4.78, 5) is 12.6. The third-order valence-electron chi connectivity index (χ3n) is 4.49. The topological polar surface area (TPSA) is 106 Å². The fourth-order valence-corrected chi connectivity index (χ4v) is 3.88. The van der Waals surface area contributed by atoms with Crippen molar-refractivity contribution < 1.29 is 19.0 Å². The summed E-state index contributed by atoms with van der Waals surface area (Å²) in [6, 6.07) is 16.6. The summed E-state index contributed by atoms with van der Waals surface area (Å²) < 4.78 is 16.8. The Morgan fingerprint density at radius 2 is 1.88 bits per heavy atom. The zero-order valence-corrected chi connectivity index (χ0v) is 20.1. The second-order valence-electron chi connectivity index (χ2n) is 7.64. The van der Waals surface area contributed by atoms with Crippen LogP contribution in [0.2, 0.25) is 0 Å². The number of nitrogens with zero attached hydrogens (tertiary/aromatic N) is 3. The van der Waals surface area contributed by atoms with E-state index in [-0.39, 0.29) is 5.57 Å². The van der Waals surface area contributed by atoms with Crippen molar-refractivity contribution in [2.45, 2.75) is 20.3 Å². The first-order chi connectivity index (χ1) is 16.5. The molecular weight excluding hydrogens is 452 g/mol. The van der Waals surface area contributed by atoms with Crippen molar-refractivity contribution >= 4 is 28.5 Å². The summed E-state index contributed by atoms with van der Waals surface area (Å²) >= 11 is 1.30. The molecule has 0 spiro atoms. The monoisotopic (exact) mass is 478 g/mol. The van der Waals surface area contributed by atoms with Gasteiger partial charge in [0.25, 0.3) is 5.91 Å². The van der Waals surface area contributed by atoms with Crippen LogP contribution in [0.15, 0.2) is 54.1 Å².